The maximum absolute atomic E-state index is 8.86. The molecule has 0 unspecified atom stereocenters. The van der Waals surface area contributed by atoms with E-state index in [9.17, 15) is 0 Å². The van der Waals surface area contributed by atoms with E-state index in [1.54, 1.807) is 24.9 Å². The van der Waals surface area contributed by atoms with E-state index in [0.717, 1.165) is 5.76 Å². The second-order valence-electron chi connectivity index (χ2n) is 5.10. The zero-order valence-electron chi connectivity index (χ0n) is 14.1. The number of rotatable bonds is 5. The van der Waals surface area contributed by atoms with Crippen LogP contribution in [0.15, 0.2) is 40.8 Å². The van der Waals surface area contributed by atoms with E-state index in [2.05, 4.69) is 10.2 Å². The first kappa shape index (κ1) is 16.3. The van der Waals surface area contributed by atoms with Gasteiger partial charge in [-0.05, 0) is 37.3 Å². The largest absolute Gasteiger partial charge is 0.494 e. The Labute approximate surface area is 144 Å². The minimum absolute atomic E-state index is 0.452. The molecule has 0 saturated carbocycles. The smallest absolute Gasteiger partial charge is 0.204 e. The summed E-state index contributed by atoms with van der Waals surface area (Å²) in [5.74, 6) is 3.40. The van der Waals surface area contributed by atoms with Gasteiger partial charge in [-0.1, -0.05) is 6.07 Å². The van der Waals surface area contributed by atoms with Crippen molar-refractivity contribution in [2.45, 2.75) is 6.92 Å². The van der Waals surface area contributed by atoms with Gasteiger partial charge in [0.15, 0.2) is 11.6 Å². The fourth-order valence-electron chi connectivity index (χ4n) is 2.50. The van der Waals surface area contributed by atoms with E-state index in [4.69, 9.17) is 19.2 Å². The molecule has 0 aliphatic carbocycles. The molecule has 0 bridgehead atoms. The van der Waals surface area contributed by atoms with Gasteiger partial charge in [0.25, 0.3) is 0 Å². The third-order valence-electron chi connectivity index (χ3n) is 3.58. The number of para-hydroxylation sites is 1. The van der Waals surface area contributed by atoms with Crippen LogP contribution in [0.1, 0.15) is 11.6 Å². The Morgan fingerprint density at radius 2 is 1.84 bits per heavy atom. The highest BCUT2D eigenvalue weighted by molar-refractivity contribution is 5.66. The van der Waals surface area contributed by atoms with Gasteiger partial charge in [-0.15, -0.1) is 10.2 Å². The fourth-order valence-corrected chi connectivity index (χ4v) is 2.50. The summed E-state index contributed by atoms with van der Waals surface area (Å²) in [7, 11) is 3.15. The van der Waals surface area contributed by atoms with Crippen molar-refractivity contribution in [2.75, 3.05) is 14.2 Å². The van der Waals surface area contributed by atoms with Crippen molar-refractivity contribution in [3.8, 4) is 34.8 Å². The minimum atomic E-state index is 0.452. The average Bonchev–Trinajstić information content (AvgIpc) is 3.24. The summed E-state index contributed by atoms with van der Waals surface area (Å²) < 4.78 is 18.4. The van der Waals surface area contributed by atoms with Crippen LogP contribution in [0, 0.1) is 18.3 Å². The van der Waals surface area contributed by atoms with Crippen LogP contribution in [0.2, 0.25) is 0 Å². The zero-order chi connectivity index (χ0) is 17.8. The van der Waals surface area contributed by atoms with Crippen molar-refractivity contribution in [2.24, 2.45) is 0 Å². The SMILES string of the molecule is COc1cccc(OC)c1-n1c(/C=C/C#N)nnc1-c1ccc(C)o1. The van der Waals surface area contributed by atoms with Gasteiger partial charge in [0.2, 0.25) is 5.82 Å². The molecule has 1 aromatic carbocycles. The molecule has 2 heterocycles. The summed E-state index contributed by atoms with van der Waals surface area (Å²) in [6.45, 7) is 1.85. The van der Waals surface area contributed by atoms with Crippen molar-refractivity contribution in [3.63, 3.8) is 0 Å². The topological polar surface area (TPSA) is 86.1 Å². The molecule has 2 aromatic heterocycles. The van der Waals surface area contributed by atoms with Crippen LogP contribution < -0.4 is 9.47 Å². The standard InChI is InChI=1S/C18H16N4O3/c1-12-9-10-15(25-12)18-21-20-16(8-5-11-19)22(18)17-13(23-2)6-4-7-14(17)24-3/h4-10H,1-3H3/b8-5+. The van der Waals surface area contributed by atoms with E-state index >= 15 is 0 Å². The Morgan fingerprint density at radius 3 is 2.40 bits per heavy atom. The average molecular weight is 336 g/mol. The first-order chi connectivity index (χ1) is 12.2. The van der Waals surface area contributed by atoms with Gasteiger partial charge in [-0.25, -0.2) is 0 Å². The molecule has 126 valence electrons. The van der Waals surface area contributed by atoms with E-state index in [0.29, 0.717) is 34.6 Å². The number of nitriles is 1. The quantitative estimate of drug-likeness (QED) is 0.664. The molecule has 0 saturated heterocycles. The molecule has 0 atom stereocenters. The molecule has 0 N–H and O–H groups in total. The number of aromatic nitrogens is 3. The van der Waals surface area contributed by atoms with Crippen LogP contribution in [0.4, 0.5) is 0 Å². The molecule has 0 aliphatic rings. The second kappa shape index (κ2) is 6.93. The number of ether oxygens (including phenoxy) is 2. The lowest BCUT2D eigenvalue weighted by Crippen LogP contribution is -2.05. The highest BCUT2D eigenvalue weighted by Crippen LogP contribution is 2.36. The Morgan fingerprint density at radius 1 is 1.12 bits per heavy atom. The number of nitrogens with zero attached hydrogens (tertiary/aromatic N) is 4. The van der Waals surface area contributed by atoms with Crippen molar-refractivity contribution in [1.29, 1.82) is 5.26 Å². The molecular formula is C18H16N4O3. The summed E-state index contributed by atoms with van der Waals surface area (Å²) in [5.41, 5.74) is 0.624. The fraction of sp³-hybridized carbons (Fsp3) is 0.167. The summed E-state index contributed by atoms with van der Waals surface area (Å²) in [5, 5.41) is 17.3. The van der Waals surface area contributed by atoms with Gasteiger partial charge >= 0.3 is 0 Å². The molecule has 0 radical (unpaired) electrons. The van der Waals surface area contributed by atoms with Gasteiger partial charge in [-0.2, -0.15) is 5.26 Å². The lowest BCUT2D eigenvalue weighted by atomic mass is 10.2. The number of methoxy groups -OCH3 is 2. The number of hydrogen-bond acceptors (Lipinski definition) is 6. The lowest BCUT2D eigenvalue weighted by molar-refractivity contribution is 0.391. The summed E-state index contributed by atoms with van der Waals surface area (Å²) in [4.78, 5) is 0. The molecule has 7 nitrogen and oxygen atoms in total. The normalized spacial score (nSPS) is 10.8. The summed E-state index contributed by atoms with van der Waals surface area (Å²) >= 11 is 0. The molecule has 0 aliphatic heterocycles. The summed E-state index contributed by atoms with van der Waals surface area (Å²) in [6.07, 6.45) is 2.90. The second-order valence-corrected chi connectivity index (χ2v) is 5.10. The molecule has 0 spiro atoms. The number of benzene rings is 1. The third kappa shape index (κ3) is 2.97. The molecule has 25 heavy (non-hydrogen) atoms. The van der Waals surface area contributed by atoms with Gasteiger partial charge in [-0.3, -0.25) is 4.57 Å². The van der Waals surface area contributed by atoms with E-state index in [1.807, 2.05) is 43.3 Å². The maximum Gasteiger partial charge on any atom is 0.204 e. The number of aryl methyl sites for hydroxylation is 1. The molecule has 7 heteroatoms. The van der Waals surface area contributed by atoms with Crippen molar-refractivity contribution in [1.82, 2.24) is 14.8 Å². The highest BCUT2D eigenvalue weighted by Gasteiger charge is 2.22. The Bertz CT molecular complexity index is 941. The predicted molar refractivity (Wildman–Crippen MR) is 91.5 cm³/mol. The Balaban J connectivity index is 2.33. The third-order valence-corrected chi connectivity index (χ3v) is 3.58. The molecule has 0 fully saturated rings. The monoisotopic (exact) mass is 336 g/mol. The van der Waals surface area contributed by atoms with Crippen LogP contribution in [0.5, 0.6) is 11.5 Å². The van der Waals surface area contributed by atoms with Crippen LogP contribution in [-0.4, -0.2) is 29.0 Å². The molecule has 3 aromatic rings. The predicted octanol–water partition coefficient (Wildman–Crippen LogP) is 3.39. The molecular weight excluding hydrogens is 320 g/mol. The van der Waals surface area contributed by atoms with E-state index in [1.165, 1.54) is 6.08 Å². The number of furan rings is 1. The Kier molecular flexibility index (Phi) is 4.53. The molecule has 3 rings (SSSR count). The van der Waals surface area contributed by atoms with Gasteiger partial charge in [0.1, 0.15) is 22.9 Å². The lowest BCUT2D eigenvalue weighted by Gasteiger charge is -2.15. The number of allylic oxidation sites excluding steroid dienone is 1. The van der Waals surface area contributed by atoms with Crippen LogP contribution in [0.25, 0.3) is 23.3 Å². The first-order valence-electron chi connectivity index (χ1n) is 7.49. The van der Waals surface area contributed by atoms with Gasteiger partial charge in [0.05, 0.1) is 20.3 Å². The van der Waals surface area contributed by atoms with Crippen molar-refractivity contribution >= 4 is 6.08 Å². The van der Waals surface area contributed by atoms with Gasteiger partial charge in [0, 0.05) is 6.08 Å². The van der Waals surface area contributed by atoms with Crippen LogP contribution in [0.3, 0.4) is 0 Å². The van der Waals surface area contributed by atoms with Crippen LogP contribution in [-0.2, 0) is 0 Å². The summed E-state index contributed by atoms with van der Waals surface area (Å²) in [6, 6.07) is 11.1. The number of hydrogen-bond donors (Lipinski definition) is 0. The first-order valence-corrected chi connectivity index (χ1v) is 7.49. The Hall–Kier alpha value is -3.53. The van der Waals surface area contributed by atoms with Gasteiger partial charge < -0.3 is 13.9 Å². The van der Waals surface area contributed by atoms with Crippen molar-refractivity contribution < 1.29 is 13.9 Å². The maximum atomic E-state index is 8.86. The highest BCUT2D eigenvalue weighted by atomic mass is 16.5. The molecule has 0 amide bonds. The zero-order valence-corrected chi connectivity index (χ0v) is 14.1. The minimum Gasteiger partial charge on any atom is -0.494 e. The van der Waals surface area contributed by atoms with E-state index in [-0.39, 0.29) is 0 Å². The van der Waals surface area contributed by atoms with Crippen molar-refractivity contribution in [3.05, 3.63) is 48.0 Å². The van der Waals surface area contributed by atoms with Crippen LogP contribution >= 0.6 is 0 Å². The van der Waals surface area contributed by atoms with E-state index < -0.39 is 0 Å².